The van der Waals surface area contributed by atoms with Crippen LogP contribution in [0, 0.1) is 5.92 Å². The maximum atomic E-state index is 10.8. The second-order valence-corrected chi connectivity index (χ2v) is 5.06. The lowest BCUT2D eigenvalue weighted by molar-refractivity contribution is -0.941. The third-order valence-electron chi connectivity index (χ3n) is 3.32. The van der Waals surface area contributed by atoms with Crippen LogP contribution >= 0.6 is 0 Å². The Labute approximate surface area is 93.7 Å². The lowest BCUT2D eigenvalue weighted by atomic mass is 10.1. The molecular formula is C12H25NO2. The second kappa shape index (κ2) is 6.11. The largest absolute Gasteiger partial charge is 0.544 e. The van der Waals surface area contributed by atoms with Crippen LogP contribution in [0.5, 0.6) is 0 Å². The molecular weight excluding hydrogens is 190 g/mol. The van der Waals surface area contributed by atoms with Crippen molar-refractivity contribution in [3.05, 3.63) is 0 Å². The van der Waals surface area contributed by atoms with Crippen molar-refractivity contribution in [2.24, 2.45) is 5.92 Å². The first kappa shape index (κ1) is 14.4. The normalized spacial score (nSPS) is 15.7. The summed E-state index contributed by atoms with van der Waals surface area (Å²) in [4.78, 5) is 10.8. The van der Waals surface area contributed by atoms with Crippen molar-refractivity contribution < 1.29 is 14.4 Å². The van der Waals surface area contributed by atoms with Gasteiger partial charge in [-0.15, -0.1) is 0 Å². The van der Waals surface area contributed by atoms with E-state index in [0.717, 1.165) is 19.5 Å². The molecule has 0 aromatic carbocycles. The number of carboxylic acids is 1. The number of likely N-dealkylation sites (N-methyl/N-ethyl adjacent to an activating group) is 1. The maximum absolute atomic E-state index is 10.8. The number of nitrogens with zero attached hydrogens (tertiary/aromatic N) is 1. The molecule has 1 atom stereocenters. The van der Waals surface area contributed by atoms with Gasteiger partial charge >= 0.3 is 0 Å². The number of rotatable bonds is 7. The molecule has 0 radical (unpaired) electrons. The van der Waals surface area contributed by atoms with Crippen LogP contribution in [0.1, 0.15) is 41.0 Å². The minimum atomic E-state index is -0.936. The summed E-state index contributed by atoms with van der Waals surface area (Å²) >= 11 is 0. The van der Waals surface area contributed by atoms with E-state index in [4.69, 9.17) is 0 Å². The highest BCUT2D eigenvalue weighted by molar-refractivity contribution is 5.65. The summed E-state index contributed by atoms with van der Waals surface area (Å²) < 4.78 is 0.639. The Bertz CT molecular complexity index is 202. The van der Waals surface area contributed by atoms with Gasteiger partial charge in [0, 0.05) is 0 Å². The van der Waals surface area contributed by atoms with Crippen molar-refractivity contribution in [1.29, 1.82) is 0 Å². The molecule has 0 rings (SSSR count). The molecule has 0 aliphatic heterocycles. The summed E-state index contributed by atoms with van der Waals surface area (Å²) in [6.07, 6.45) is 1.07. The summed E-state index contributed by atoms with van der Waals surface area (Å²) in [5.41, 5.74) is 0. The van der Waals surface area contributed by atoms with E-state index in [0.29, 0.717) is 16.4 Å². The third-order valence-corrected chi connectivity index (χ3v) is 3.32. The van der Waals surface area contributed by atoms with E-state index < -0.39 is 5.97 Å². The molecule has 0 saturated carbocycles. The van der Waals surface area contributed by atoms with Crippen LogP contribution in [0.2, 0.25) is 0 Å². The van der Waals surface area contributed by atoms with Crippen LogP contribution in [0.15, 0.2) is 0 Å². The summed E-state index contributed by atoms with van der Waals surface area (Å²) in [5.74, 6) is -0.316. The Morgan fingerprint density at radius 3 is 2.07 bits per heavy atom. The van der Waals surface area contributed by atoms with Gasteiger partial charge in [-0.25, -0.2) is 0 Å². The number of aliphatic carboxylic acids is 1. The molecule has 0 saturated heterocycles. The van der Waals surface area contributed by atoms with Gasteiger partial charge in [0.2, 0.25) is 0 Å². The summed E-state index contributed by atoms with van der Waals surface area (Å²) in [6, 6.07) is 0.339. The van der Waals surface area contributed by atoms with Gasteiger partial charge in [0.15, 0.2) is 0 Å². The third kappa shape index (κ3) is 4.65. The van der Waals surface area contributed by atoms with Crippen LogP contribution in [-0.2, 0) is 4.79 Å². The first-order valence-corrected chi connectivity index (χ1v) is 5.89. The average molecular weight is 215 g/mol. The minimum absolute atomic E-state index is 0.140. The van der Waals surface area contributed by atoms with Crippen LogP contribution in [0.3, 0.4) is 0 Å². The fourth-order valence-corrected chi connectivity index (χ4v) is 1.93. The molecule has 0 spiro atoms. The van der Waals surface area contributed by atoms with Gasteiger partial charge < -0.3 is 14.4 Å². The molecule has 1 unspecified atom stereocenters. The van der Waals surface area contributed by atoms with Gasteiger partial charge in [-0.1, -0.05) is 13.8 Å². The molecule has 90 valence electrons. The van der Waals surface area contributed by atoms with Crippen molar-refractivity contribution in [3.63, 3.8) is 0 Å². The fraction of sp³-hybridized carbons (Fsp3) is 0.917. The zero-order chi connectivity index (χ0) is 12.1. The minimum Gasteiger partial charge on any atom is -0.544 e. The smallest absolute Gasteiger partial charge is 0.119 e. The monoisotopic (exact) mass is 215 g/mol. The predicted molar refractivity (Wildman–Crippen MR) is 60.1 cm³/mol. The highest BCUT2D eigenvalue weighted by Gasteiger charge is 2.29. The first-order chi connectivity index (χ1) is 6.84. The van der Waals surface area contributed by atoms with Gasteiger partial charge in [-0.2, -0.15) is 0 Å². The van der Waals surface area contributed by atoms with E-state index in [2.05, 4.69) is 34.6 Å². The van der Waals surface area contributed by atoms with Gasteiger partial charge in [-0.05, 0) is 33.1 Å². The highest BCUT2D eigenvalue weighted by Crippen LogP contribution is 2.16. The highest BCUT2D eigenvalue weighted by atomic mass is 16.4. The lowest BCUT2D eigenvalue weighted by Crippen LogP contribution is -2.58. The molecule has 3 heteroatoms. The molecule has 0 heterocycles. The van der Waals surface area contributed by atoms with E-state index in [1.807, 2.05) is 0 Å². The van der Waals surface area contributed by atoms with Crippen LogP contribution in [-0.4, -0.2) is 36.1 Å². The second-order valence-electron chi connectivity index (χ2n) is 5.06. The number of carbonyl (C=O) groups is 1. The molecule has 0 amide bonds. The Kier molecular flexibility index (Phi) is 5.88. The molecule has 0 aliphatic carbocycles. The number of hydrogen-bond donors (Lipinski definition) is 0. The van der Waals surface area contributed by atoms with Crippen molar-refractivity contribution in [3.8, 4) is 0 Å². The molecule has 0 N–H and O–H groups in total. The van der Waals surface area contributed by atoms with Gasteiger partial charge in [-0.3, -0.25) is 0 Å². The quantitative estimate of drug-likeness (QED) is 0.595. The Morgan fingerprint density at radius 1 is 1.27 bits per heavy atom. The molecule has 3 nitrogen and oxygen atoms in total. The molecule has 0 aliphatic rings. The Hall–Kier alpha value is -0.570. The first-order valence-electron chi connectivity index (χ1n) is 5.89. The topological polar surface area (TPSA) is 40.1 Å². The van der Waals surface area contributed by atoms with Crippen LogP contribution < -0.4 is 5.11 Å². The fourth-order valence-electron chi connectivity index (χ4n) is 1.93. The van der Waals surface area contributed by atoms with Crippen molar-refractivity contribution >= 4 is 5.97 Å². The summed E-state index contributed by atoms with van der Waals surface area (Å²) in [7, 11) is 0. The standard InChI is InChI=1S/C12H25NO2/c1-6-13(11(4)5,9-12(14)15)8-7-10(2)3/h10-11H,6-9H2,1-5H3. The number of carbonyl (C=O) groups excluding carboxylic acids is 1. The maximum Gasteiger partial charge on any atom is 0.119 e. The van der Waals surface area contributed by atoms with Gasteiger partial charge in [0.25, 0.3) is 0 Å². The van der Waals surface area contributed by atoms with Crippen molar-refractivity contribution in [1.82, 2.24) is 0 Å². The SMILES string of the molecule is CC[N+](CCC(C)C)(CC(=O)[O-])C(C)C. The van der Waals surface area contributed by atoms with Crippen LogP contribution in [0.25, 0.3) is 0 Å². The van der Waals surface area contributed by atoms with E-state index in [1.165, 1.54) is 0 Å². The van der Waals surface area contributed by atoms with E-state index in [-0.39, 0.29) is 6.54 Å². The molecule has 0 fully saturated rings. The Balaban J connectivity index is 4.57. The molecule has 0 aromatic heterocycles. The number of quaternary nitrogens is 1. The molecule has 0 bridgehead atoms. The van der Waals surface area contributed by atoms with Crippen LogP contribution in [0.4, 0.5) is 0 Å². The van der Waals surface area contributed by atoms with E-state index in [1.54, 1.807) is 0 Å². The summed E-state index contributed by atoms with van der Waals surface area (Å²) in [5, 5.41) is 10.8. The number of carboxylic acid groups (broad SMARTS) is 1. The number of hydrogen-bond acceptors (Lipinski definition) is 2. The molecule has 0 aromatic rings. The average Bonchev–Trinajstić information content (AvgIpc) is 2.11. The summed E-state index contributed by atoms with van der Waals surface area (Å²) in [6.45, 7) is 12.5. The van der Waals surface area contributed by atoms with E-state index >= 15 is 0 Å². The van der Waals surface area contributed by atoms with Crippen molar-refractivity contribution in [2.45, 2.75) is 47.1 Å². The van der Waals surface area contributed by atoms with Gasteiger partial charge in [0.05, 0.1) is 25.1 Å². The van der Waals surface area contributed by atoms with E-state index in [9.17, 15) is 9.90 Å². The van der Waals surface area contributed by atoms with Gasteiger partial charge in [0.1, 0.15) is 6.54 Å². The zero-order valence-electron chi connectivity index (χ0n) is 10.7. The lowest BCUT2D eigenvalue weighted by Gasteiger charge is -2.42. The molecule has 15 heavy (non-hydrogen) atoms. The van der Waals surface area contributed by atoms with Crippen molar-refractivity contribution in [2.75, 3.05) is 19.6 Å². The Morgan fingerprint density at radius 2 is 1.80 bits per heavy atom. The zero-order valence-corrected chi connectivity index (χ0v) is 10.7. The predicted octanol–water partition coefficient (Wildman–Crippen LogP) is 1.03.